The Bertz CT molecular complexity index is 314. The molecule has 4 heteroatoms. The van der Waals surface area contributed by atoms with Gasteiger partial charge in [0.05, 0.1) is 0 Å². The van der Waals surface area contributed by atoms with E-state index in [0.717, 1.165) is 25.7 Å². The van der Waals surface area contributed by atoms with Crippen molar-refractivity contribution in [3.8, 4) is 0 Å². The molecule has 2 aliphatic rings. The van der Waals surface area contributed by atoms with Gasteiger partial charge in [-0.25, -0.2) is 0 Å². The van der Waals surface area contributed by atoms with Gasteiger partial charge in [-0.1, -0.05) is 19.3 Å². The molecule has 16 heavy (non-hydrogen) atoms. The van der Waals surface area contributed by atoms with Crippen LogP contribution in [-0.4, -0.2) is 22.5 Å². The van der Waals surface area contributed by atoms with Crippen molar-refractivity contribution in [1.29, 1.82) is 0 Å². The molecule has 90 valence electrons. The zero-order valence-corrected chi connectivity index (χ0v) is 9.71. The minimum atomic E-state index is -1.10. The minimum absolute atomic E-state index is 0.180. The van der Waals surface area contributed by atoms with Crippen LogP contribution in [-0.2, 0) is 9.59 Å². The van der Waals surface area contributed by atoms with Gasteiger partial charge in [-0.2, -0.15) is 0 Å². The van der Waals surface area contributed by atoms with Crippen molar-refractivity contribution in [2.24, 2.45) is 5.41 Å². The van der Waals surface area contributed by atoms with Gasteiger partial charge in [-0.15, -0.1) is 0 Å². The lowest BCUT2D eigenvalue weighted by molar-refractivity contribution is -0.149. The van der Waals surface area contributed by atoms with Gasteiger partial charge in [-0.05, 0) is 32.6 Å². The summed E-state index contributed by atoms with van der Waals surface area (Å²) < 4.78 is 0. The number of carbonyl (C=O) groups excluding carboxylic acids is 1. The van der Waals surface area contributed by atoms with Gasteiger partial charge in [-0.3, -0.25) is 9.59 Å². The van der Waals surface area contributed by atoms with Crippen molar-refractivity contribution >= 4 is 11.9 Å². The van der Waals surface area contributed by atoms with Crippen LogP contribution in [0.4, 0.5) is 0 Å². The molecule has 0 bridgehead atoms. The topological polar surface area (TPSA) is 66.4 Å². The molecular weight excluding hydrogens is 206 g/mol. The fourth-order valence-corrected chi connectivity index (χ4v) is 2.51. The van der Waals surface area contributed by atoms with Crippen molar-refractivity contribution in [2.45, 2.75) is 57.4 Å². The Hall–Kier alpha value is -1.06. The SMILES string of the molecule is CC1(NC(=O)C2(C(=O)O)CC2)CCCCC1. The highest BCUT2D eigenvalue weighted by Crippen LogP contribution is 2.46. The number of nitrogens with one attached hydrogen (secondary N) is 1. The lowest BCUT2D eigenvalue weighted by Crippen LogP contribution is -2.51. The van der Waals surface area contributed by atoms with E-state index in [0.29, 0.717) is 12.8 Å². The summed E-state index contributed by atoms with van der Waals surface area (Å²) in [6.07, 6.45) is 6.38. The number of carboxylic acid groups (broad SMARTS) is 1. The zero-order chi connectivity index (χ0) is 11.8. The maximum absolute atomic E-state index is 12.0. The highest BCUT2D eigenvalue weighted by molar-refractivity contribution is 6.05. The monoisotopic (exact) mass is 225 g/mol. The summed E-state index contributed by atoms with van der Waals surface area (Å²) in [6, 6.07) is 0. The molecule has 0 unspecified atom stereocenters. The van der Waals surface area contributed by atoms with Crippen LogP contribution in [0.5, 0.6) is 0 Å². The largest absolute Gasteiger partial charge is 0.480 e. The molecule has 0 heterocycles. The van der Waals surface area contributed by atoms with Crippen LogP contribution >= 0.6 is 0 Å². The van der Waals surface area contributed by atoms with Gasteiger partial charge in [0.1, 0.15) is 5.41 Å². The Morgan fingerprint density at radius 1 is 1.06 bits per heavy atom. The third-order valence-corrected chi connectivity index (χ3v) is 3.97. The number of carbonyl (C=O) groups is 2. The maximum atomic E-state index is 12.0. The lowest BCUT2D eigenvalue weighted by atomic mass is 9.83. The number of carboxylic acids is 1. The molecule has 2 saturated carbocycles. The molecule has 2 rings (SSSR count). The van der Waals surface area contributed by atoms with E-state index >= 15 is 0 Å². The van der Waals surface area contributed by atoms with Crippen LogP contribution < -0.4 is 5.32 Å². The van der Waals surface area contributed by atoms with Gasteiger partial charge in [0.25, 0.3) is 0 Å². The molecule has 0 aromatic rings. The fraction of sp³-hybridized carbons (Fsp3) is 0.833. The van der Waals surface area contributed by atoms with E-state index in [2.05, 4.69) is 5.32 Å². The summed E-state index contributed by atoms with van der Waals surface area (Å²) in [5.41, 5.74) is -1.28. The van der Waals surface area contributed by atoms with Crippen LogP contribution in [0.2, 0.25) is 0 Å². The molecule has 0 atom stereocenters. The number of hydrogen-bond donors (Lipinski definition) is 2. The first kappa shape index (κ1) is 11.4. The fourth-order valence-electron chi connectivity index (χ4n) is 2.51. The number of aliphatic carboxylic acids is 1. The second-order valence-electron chi connectivity index (χ2n) is 5.46. The molecule has 0 aromatic heterocycles. The standard InChI is InChI=1S/C12H19NO3/c1-11(5-3-2-4-6-11)13-9(14)12(7-8-12)10(15)16/h2-8H2,1H3,(H,13,14)(H,15,16). The van der Waals surface area contributed by atoms with E-state index in [1.165, 1.54) is 6.42 Å². The van der Waals surface area contributed by atoms with Crippen LogP contribution in [0.15, 0.2) is 0 Å². The molecule has 2 aliphatic carbocycles. The van der Waals surface area contributed by atoms with E-state index in [1.54, 1.807) is 0 Å². The number of rotatable bonds is 3. The smallest absolute Gasteiger partial charge is 0.319 e. The molecule has 0 spiro atoms. The van der Waals surface area contributed by atoms with E-state index in [1.807, 2.05) is 6.92 Å². The predicted molar refractivity (Wildman–Crippen MR) is 58.9 cm³/mol. The highest BCUT2D eigenvalue weighted by Gasteiger charge is 2.58. The zero-order valence-electron chi connectivity index (χ0n) is 9.71. The average Bonchev–Trinajstić information content (AvgIpc) is 2.98. The summed E-state index contributed by atoms with van der Waals surface area (Å²) in [5.74, 6) is -1.24. The van der Waals surface area contributed by atoms with E-state index in [9.17, 15) is 9.59 Å². The van der Waals surface area contributed by atoms with Crippen LogP contribution in [0.25, 0.3) is 0 Å². The summed E-state index contributed by atoms with van der Waals surface area (Å²) in [5, 5.41) is 12.0. The molecule has 2 fully saturated rings. The average molecular weight is 225 g/mol. The van der Waals surface area contributed by atoms with Gasteiger partial charge < -0.3 is 10.4 Å². The van der Waals surface area contributed by atoms with Crippen molar-refractivity contribution < 1.29 is 14.7 Å². The highest BCUT2D eigenvalue weighted by atomic mass is 16.4. The molecule has 1 amide bonds. The van der Waals surface area contributed by atoms with Crippen LogP contribution in [0.3, 0.4) is 0 Å². The molecule has 0 aromatic carbocycles. The molecule has 0 aliphatic heterocycles. The Morgan fingerprint density at radius 2 is 1.62 bits per heavy atom. The van der Waals surface area contributed by atoms with Crippen molar-refractivity contribution in [2.75, 3.05) is 0 Å². The second-order valence-corrected chi connectivity index (χ2v) is 5.46. The molecule has 0 radical (unpaired) electrons. The van der Waals surface area contributed by atoms with Crippen molar-refractivity contribution in [1.82, 2.24) is 5.32 Å². The Labute approximate surface area is 95.4 Å². The summed E-state index contributed by atoms with van der Waals surface area (Å²) in [7, 11) is 0. The summed E-state index contributed by atoms with van der Waals surface area (Å²) in [4.78, 5) is 23.0. The second kappa shape index (κ2) is 3.75. The predicted octanol–water partition coefficient (Wildman–Crippen LogP) is 1.69. The maximum Gasteiger partial charge on any atom is 0.319 e. The van der Waals surface area contributed by atoms with Gasteiger partial charge >= 0.3 is 5.97 Å². The Kier molecular flexibility index (Phi) is 2.68. The Morgan fingerprint density at radius 3 is 2.06 bits per heavy atom. The summed E-state index contributed by atoms with van der Waals surface area (Å²) >= 11 is 0. The van der Waals surface area contributed by atoms with E-state index in [-0.39, 0.29) is 11.4 Å². The van der Waals surface area contributed by atoms with Gasteiger partial charge in [0.2, 0.25) is 5.91 Å². The summed E-state index contributed by atoms with van der Waals surface area (Å²) in [6.45, 7) is 2.03. The Balaban J connectivity index is 1.99. The molecule has 2 N–H and O–H groups in total. The first-order valence-electron chi connectivity index (χ1n) is 6.05. The van der Waals surface area contributed by atoms with Crippen LogP contribution in [0, 0.1) is 5.41 Å². The third-order valence-electron chi connectivity index (χ3n) is 3.97. The normalized spacial score (nSPS) is 25.8. The molecule has 0 saturated heterocycles. The number of amides is 1. The first-order chi connectivity index (χ1) is 7.49. The van der Waals surface area contributed by atoms with Crippen molar-refractivity contribution in [3.63, 3.8) is 0 Å². The first-order valence-corrected chi connectivity index (χ1v) is 6.05. The molecular formula is C12H19NO3. The lowest BCUT2D eigenvalue weighted by Gasteiger charge is -2.35. The van der Waals surface area contributed by atoms with E-state index < -0.39 is 11.4 Å². The van der Waals surface area contributed by atoms with Gasteiger partial charge in [0, 0.05) is 5.54 Å². The van der Waals surface area contributed by atoms with Gasteiger partial charge in [0.15, 0.2) is 0 Å². The molecule has 4 nitrogen and oxygen atoms in total. The third kappa shape index (κ3) is 1.93. The minimum Gasteiger partial charge on any atom is -0.480 e. The van der Waals surface area contributed by atoms with Crippen LogP contribution in [0.1, 0.15) is 51.9 Å². The van der Waals surface area contributed by atoms with E-state index in [4.69, 9.17) is 5.11 Å². The number of hydrogen-bond acceptors (Lipinski definition) is 2. The van der Waals surface area contributed by atoms with Crippen molar-refractivity contribution in [3.05, 3.63) is 0 Å². The quantitative estimate of drug-likeness (QED) is 0.718.